The van der Waals surface area contributed by atoms with E-state index in [9.17, 15) is 14.9 Å². The first kappa shape index (κ1) is 22.9. The largest absolute Gasteiger partial charge is 0.388 e. The first-order valence-electron chi connectivity index (χ1n) is 6.34. The molecule has 0 saturated heterocycles. The van der Waals surface area contributed by atoms with Gasteiger partial charge >= 0.3 is 4.45 Å². The van der Waals surface area contributed by atoms with Crippen molar-refractivity contribution in [1.82, 2.24) is 10.2 Å². The minimum absolute atomic E-state index is 0.0938. The second-order valence-electron chi connectivity index (χ2n) is 4.30. The number of rotatable bonds is 8. The highest BCUT2D eigenvalue weighted by Crippen LogP contribution is 2.15. The van der Waals surface area contributed by atoms with Gasteiger partial charge in [0, 0.05) is 27.4 Å². The number of nitrogens with zero attached hydrogens (tertiary/aromatic N) is 2. The van der Waals surface area contributed by atoms with Crippen LogP contribution in [0.3, 0.4) is 0 Å². The number of aliphatic hydroxyl groups excluding tert-OH is 2. The molecule has 0 unspecified atom stereocenters. The summed E-state index contributed by atoms with van der Waals surface area (Å²) in [6.45, 7) is 2.33. The van der Waals surface area contributed by atoms with E-state index in [1.54, 1.807) is 0 Å². The van der Waals surface area contributed by atoms with Crippen molar-refractivity contribution in [3.8, 4) is 0 Å². The molecule has 0 bridgehead atoms. The number of carbonyl (C=O) groups is 1. The van der Waals surface area contributed by atoms with E-state index < -0.39 is 22.6 Å². The van der Waals surface area contributed by atoms with Gasteiger partial charge < -0.3 is 20.4 Å². The Balaban J connectivity index is 0. The Hall–Kier alpha value is -0.420. The topological polar surface area (TPSA) is 116 Å². The van der Waals surface area contributed by atoms with Crippen molar-refractivity contribution in [3.05, 3.63) is 10.1 Å². The standard InChI is InChI=1S/C8H18N2OS.C3H6BrNO4/c1-4-12-8(11)9-6-5-7-10(2)3;4-3(1-6,2-7)5(8)9/h4-7H2,1-3H3,(H,9,11);6-7H,1-2H2. The van der Waals surface area contributed by atoms with Crippen LogP contribution in [0.2, 0.25) is 0 Å². The van der Waals surface area contributed by atoms with Gasteiger partial charge in [0.25, 0.3) is 5.24 Å². The SMILES string of the molecule is CCSC(=O)NCCCN(C)C.O=[N+]([O-])C(Br)(CO)CO. The number of alkyl halides is 1. The molecule has 0 atom stereocenters. The lowest BCUT2D eigenvalue weighted by atomic mass is 10.4. The van der Waals surface area contributed by atoms with E-state index in [1.807, 2.05) is 21.0 Å². The highest BCUT2D eigenvalue weighted by Gasteiger charge is 2.38. The van der Waals surface area contributed by atoms with E-state index >= 15 is 0 Å². The van der Waals surface area contributed by atoms with Crippen LogP contribution in [0.1, 0.15) is 13.3 Å². The number of carbonyl (C=O) groups excluding carboxylic acids is 1. The average Bonchev–Trinajstić information content (AvgIpc) is 2.43. The molecule has 0 radical (unpaired) electrons. The van der Waals surface area contributed by atoms with Crippen LogP contribution in [0, 0.1) is 10.1 Å². The van der Waals surface area contributed by atoms with Crippen LogP contribution < -0.4 is 5.32 Å². The van der Waals surface area contributed by atoms with Crippen LogP contribution in [0.5, 0.6) is 0 Å². The maximum atomic E-state index is 10.9. The predicted octanol–water partition coefficient (Wildman–Crippen LogP) is 0.740. The Labute approximate surface area is 137 Å². The van der Waals surface area contributed by atoms with Gasteiger partial charge in [-0.25, -0.2) is 0 Å². The monoisotopic (exact) mass is 389 g/mol. The maximum Gasteiger partial charge on any atom is 0.319 e. The molecule has 0 aliphatic heterocycles. The van der Waals surface area contributed by atoms with Crippen molar-refractivity contribution in [3.63, 3.8) is 0 Å². The Kier molecular flexibility index (Phi) is 14.4. The molecule has 126 valence electrons. The molecular formula is C11H24BrN3O5S. The minimum Gasteiger partial charge on any atom is -0.388 e. The molecule has 0 saturated carbocycles. The van der Waals surface area contributed by atoms with E-state index in [2.05, 4.69) is 26.1 Å². The number of hydrogen-bond donors (Lipinski definition) is 3. The average molecular weight is 390 g/mol. The van der Waals surface area contributed by atoms with E-state index in [0.29, 0.717) is 0 Å². The summed E-state index contributed by atoms with van der Waals surface area (Å²) in [5, 5.41) is 29.5. The molecule has 8 nitrogen and oxygen atoms in total. The Bertz CT molecular complexity index is 304. The van der Waals surface area contributed by atoms with Crippen molar-refractivity contribution < 1.29 is 19.9 Å². The van der Waals surface area contributed by atoms with Crippen molar-refractivity contribution in [2.75, 3.05) is 46.2 Å². The van der Waals surface area contributed by atoms with Gasteiger partial charge in [-0.1, -0.05) is 18.7 Å². The molecule has 21 heavy (non-hydrogen) atoms. The summed E-state index contributed by atoms with van der Waals surface area (Å²) >= 11 is 3.88. The van der Waals surface area contributed by atoms with Crippen LogP contribution in [0.15, 0.2) is 0 Å². The summed E-state index contributed by atoms with van der Waals surface area (Å²) in [6.07, 6.45) is 1.02. The van der Waals surface area contributed by atoms with Gasteiger partial charge in [0.1, 0.15) is 13.2 Å². The van der Waals surface area contributed by atoms with Gasteiger partial charge in [-0.05, 0) is 32.8 Å². The Morgan fingerprint density at radius 2 is 1.95 bits per heavy atom. The molecule has 1 amide bonds. The third kappa shape index (κ3) is 13.0. The fourth-order valence-electron chi connectivity index (χ4n) is 0.933. The molecule has 0 aliphatic carbocycles. The summed E-state index contributed by atoms with van der Waals surface area (Å²) in [7, 11) is 4.06. The number of halogens is 1. The van der Waals surface area contributed by atoms with Crippen LogP contribution in [-0.2, 0) is 0 Å². The van der Waals surface area contributed by atoms with Gasteiger partial charge in [-0.15, -0.1) is 0 Å². The number of nitrogens with one attached hydrogen (secondary N) is 1. The fraction of sp³-hybridized carbons (Fsp3) is 0.909. The van der Waals surface area contributed by atoms with Crippen molar-refractivity contribution >= 4 is 32.9 Å². The summed E-state index contributed by atoms with van der Waals surface area (Å²) in [5.74, 6) is 0.847. The maximum absolute atomic E-state index is 10.9. The molecule has 3 N–H and O–H groups in total. The first-order valence-corrected chi connectivity index (χ1v) is 8.11. The Morgan fingerprint density at radius 3 is 2.24 bits per heavy atom. The van der Waals surface area contributed by atoms with E-state index in [-0.39, 0.29) is 5.24 Å². The molecule has 0 spiro atoms. The zero-order valence-electron chi connectivity index (χ0n) is 12.5. The quantitative estimate of drug-likeness (QED) is 0.184. The van der Waals surface area contributed by atoms with Crippen LogP contribution >= 0.6 is 27.7 Å². The summed E-state index contributed by atoms with van der Waals surface area (Å²) < 4.78 is -1.77. The molecule has 0 aliphatic rings. The first-order chi connectivity index (χ1) is 9.73. The van der Waals surface area contributed by atoms with E-state index in [0.717, 1.165) is 25.3 Å². The molecule has 10 heteroatoms. The lowest BCUT2D eigenvalue weighted by Crippen LogP contribution is -2.39. The van der Waals surface area contributed by atoms with Crippen LogP contribution in [-0.4, -0.2) is 75.9 Å². The second-order valence-corrected chi connectivity index (χ2v) is 7.01. The fourth-order valence-corrected chi connectivity index (χ4v) is 1.40. The molecular weight excluding hydrogens is 366 g/mol. The summed E-state index contributed by atoms with van der Waals surface area (Å²) in [4.78, 5) is 22.2. The lowest BCUT2D eigenvalue weighted by Gasteiger charge is -2.11. The van der Waals surface area contributed by atoms with Gasteiger partial charge in [0.2, 0.25) is 0 Å². The Morgan fingerprint density at radius 1 is 1.43 bits per heavy atom. The number of hydrogen-bond acceptors (Lipinski definition) is 7. The molecule has 0 aromatic carbocycles. The number of aliphatic hydroxyl groups is 2. The summed E-state index contributed by atoms with van der Waals surface area (Å²) in [6, 6.07) is 0. The lowest BCUT2D eigenvalue weighted by molar-refractivity contribution is -0.542. The predicted molar refractivity (Wildman–Crippen MR) is 87.5 cm³/mol. The van der Waals surface area contributed by atoms with Gasteiger partial charge in [0.05, 0.1) is 0 Å². The van der Waals surface area contributed by atoms with Crippen LogP contribution in [0.25, 0.3) is 0 Å². The molecule has 0 aromatic heterocycles. The van der Waals surface area contributed by atoms with E-state index in [4.69, 9.17) is 10.2 Å². The van der Waals surface area contributed by atoms with Crippen LogP contribution in [0.4, 0.5) is 4.79 Å². The third-order valence-electron chi connectivity index (χ3n) is 2.14. The van der Waals surface area contributed by atoms with Crippen molar-refractivity contribution in [2.24, 2.45) is 0 Å². The number of thioether (sulfide) groups is 1. The smallest absolute Gasteiger partial charge is 0.319 e. The normalized spacial score (nSPS) is 10.8. The van der Waals surface area contributed by atoms with E-state index in [1.165, 1.54) is 11.8 Å². The molecule has 0 heterocycles. The van der Waals surface area contributed by atoms with Gasteiger partial charge in [-0.3, -0.25) is 14.9 Å². The number of amides is 1. The second kappa shape index (κ2) is 13.3. The third-order valence-corrected chi connectivity index (χ3v) is 3.62. The van der Waals surface area contributed by atoms with Gasteiger partial charge in [0.15, 0.2) is 0 Å². The molecule has 0 rings (SSSR count). The highest BCUT2D eigenvalue weighted by atomic mass is 79.9. The minimum atomic E-state index is -1.77. The molecule has 0 fully saturated rings. The highest BCUT2D eigenvalue weighted by molar-refractivity contribution is 9.10. The van der Waals surface area contributed by atoms with Crippen molar-refractivity contribution in [1.29, 1.82) is 0 Å². The van der Waals surface area contributed by atoms with Gasteiger partial charge in [-0.2, -0.15) is 0 Å². The summed E-state index contributed by atoms with van der Waals surface area (Å²) in [5.41, 5.74) is 0. The zero-order valence-corrected chi connectivity index (χ0v) is 14.9. The van der Waals surface area contributed by atoms with Crippen molar-refractivity contribution in [2.45, 2.75) is 17.8 Å². The molecule has 0 aromatic rings. The zero-order chi connectivity index (χ0) is 16.9. The number of nitro groups is 1.